The molecule has 0 bridgehead atoms. The third-order valence-electron chi connectivity index (χ3n) is 5.58. The fraction of sp³-hybridized carbons (Fsp3) is 0.375. The van der Waals surface area contributed by atoms with Gasteiger partial charge in [-0.1, -0.05) is 6.92 Å². The largest absolute Gasteiger partial charge is 0.439 e. The summed E-state index contributed by atoms with van der Waals surface area (Å²) >= 11 is 0. The van der Waals surface area contributed by atoms with Crippen molar-refractivity contribution in [1.29, 1.82) is 0 Å². The van der Waals surface area contributed by atoms with Gasteiger partial charge in [0.25, 0.3) is 0 Å². The van der Waals surface area contributed by atoms with Gasteiger partial charge in [0.2, 0.25) is 5.88 Å². The number of hydrogen-bond donors (Lipinski definition) is 1. The van der Waals surface area contributed by atoms with Gasteiger partial charge in [-0.05, 0) is 74.7 Å². The highest BCUT2D eigenvalue weighted by atomic mass is 19.1. The van der Waals surface area contributed by atoms with Crippen LogP contribution in [0.3, 0.4) is 0 Å². The second-order valence-corrected chi connectivity index (χ2v) is 8.04. The van der Waals surface area contributed by atoms with Gasteiger partial charge in [0.15, 0.2) is 0 Å². The van der Waals surface area contributed by atoms with Gasteiger partial charge in [0.05, 0.1) is 23.0 Å². The van der Waals surface area contributed by atoms with Crippen molar-refractivity contribution < 1.29 is 18.6 Å². The lowest BCUT2D eigenvalue weighted by Crippen LogP contribution is -2.33. The molecule has 1 saturated carbocycles. The first kappa shape index (κ1) is 21.5. The molecular weight excluding hydrogens is 400 g/mol. The number of aromatic nitrogens is 2. The van der Waals surface area contributed by atoms with Gasteiger partial charge in [0, 0.05) is 19.1 Å². The van der Waals surface area contributed by atoms with Gasteiger partial charge in [-0.25, -0.2) is 13.5 Å². The van der Waals surface area contributed by atoms with E-state index < -0.39 is 6.10 Å². The van der Waals surface area contributed by atoms with Gasteiger partial charge in [-0.15, -0.1) is 0 Å². The predicted molar refractivity (Wildman–Crippen MR) is 114 cm³/mol. The molecule has 5 nitrogen and oxygen atoms in total. The number of rotatable bonds is 9. The molecule has 1 aromatic heterocycles. The number of nitrogens with zero attached hydrogens (tertiary/aromatic N) is 3. The molecule has 0 spiro atoms. The lowest BCUT2D eigenvalue weighted by molar-refractivity contribution is 0.100. The highest BCUT2D eigenvalue weighted by Crippen LogP contribution is 2.35. The third-order valence-corrected chi connectivity index (χ3v) is 5.58. The molecule has 0 radical (unpaired) electrons. The van der Waals surface area contributed by atoms with Gasteiger partial charge in [-0.3, -0.25) is 4.90 Å². The minimum atomic E-state index is -0.394. The number of ether oxygens (including phenoxy) is 1. The Balaban J connectivity index is 1.72. The fourth-order valence-electron chi connectivity index (χ4n) is 3.58. The Morgan fingerprint density at radius 3 is 2.29 bits per heavy atom. The maximum Gasteiger partial charge on any atom is 0.227 e. The van der Waals surface area contributed by atoms with Gasteiger partial charge in [-0.2, -0.15) is 5.10 Å². The molecule has 0 amide bonds. The summed E-state index contributed by atoms with van der Waals surface area (Å²) in [7, 11) is 0. The molecule has 164 valence electrons. The topological polar surface area (TPSA) is 50.5 Å². The van der Waals surface area contributed by atoms with E-state index in [1.54, 1.807) is 28.9 Å². The molecule has 7 heteroatoms. The summed E-state index contributed by atoms with van der Waals surface area (Å²) in [5, 5.41) is 14.9. The zero-order chi connectivity index (χ0) is 22.0. The van der Waals surface area contributed by atoms with Crippen LogP contribution in [-0.2, 0) is 6.54 Å². The molecule has 2 aromatic carbocycles. The zero-order valence-electron chi connectivity index (χ0n) is 17.8. The van der Waals surface area contributed by atoms with Crippen LogP contribution in [0.5, 0.6) is 11.6 Å². The Morgan fingerprint density at radius 2 is 1.71 bits per heavy atom. The summed E-state index contributed by atoms with van der Waals surface area (Å²) in [5.74, 6) is 0.316. The van der Waals surface area contributed by atoms with Crippen LogP contribution in [0.25, 0.3) is 5.69 Å². The number of aliphatic hydroxyl groups is 1. The normalized spacial score (nSPS) is 14.8. The van der Waals surface area contributed by atoms with E-state index in [1.165, 1.54) is 24.3 Å². The summed E-state index contributed by atoms with van der Waals surface area (Å²) < 4.78 is 34.7. The van der Waals surface area contributed by atoms with E-state index in [2.05, 4.69) is 10.00 Å². The maximum absolute atomic E-state index is 13.5. The molecule has 0 unspecified atom stereocenters. The summed E-state index contributed by atoms with van der Waals surface area (Å²) in [5.41, 5.74) is 2.35. The molecule has 1 N–H and O–H groups in total. The van der Waals surface area contributed by atoms with Gasteiger partial charge in [0.1, 0.15) is 17.4 Å². The average Bonchev–Trinajstić information content (AvgIpc) is 3.56. The van der Waals surface area contributed by atoms with Crippen molar-refractivity contribution in [2.75, 3.05) is 6.54 Å². The van der Waals surface area contributed by atoms with E-state index in [9.17, 15) is 13.9 Å². The Hall–Kier alpha value is -2.77. The van der Waals surface area contributed by atoms with Crippen molar-refractivity contribution in [3.8, 4) is 17.3 Å². The SMILES string of the molecule is CC[C@H](O)CN(Cc1c(C)nn(-c2ccc(F)cc2)c1Oc1ccc(F)cc1)C1CC1. The zero-order valence-corrected chi connectivity index (χ0v) is 17.8. The van der Waals surface area contributed by atoms with E-state index in [0.29, 0.717) is 42.9 Å². The summed E-state index contributed by atoms with van der Waals surface area (Å²) in [6, 6.07) is 12.3. The summed E-state index contributed by atoms with van der Waals surface area (Å²) in [6.45, 7) is 5.04. The lowest BCUT2D eigenvalue weighted by atomic mass is 10.2. The van der Waals surface area contributed by atoms with Crippen molar-refractivity contribution in [3.05, 3.63) is 71.4 Å². The van der Waals surface area contributed by atoms with Gasteiger partial charge >= 0.3 is 0 Å². The third kappa shape index (κ3) is 5.11. The van der Waals surface area contributed by atoms with E-state index in [0.717, 1.165) is 24.1 Å². The minimum Gasteiger partial charge on any atom is -0.439 e. The molecule has 1 atom stereocenters. The van der Waals surface area contributed by atoms with Crippen LogP contribution in [-0.4, -0.2) is 38.5 Å². The molecule has 1 heterocycles. The molecule has 0 saturated heterocycles. The van der Waals surface area contributed by atoms with Crippen LogP contribution < -0.4 is 4.74 Å². The lowest BCUT2D eigenvalue weighted by Gasteiger charge is -2.25. The van der Waals surface area contributed by atoms with Crippen LogP contribution in [0.4, 0.5) is 8.78 Å². The first-order valence-electron chi connectivity index (χ1n) is 10.6. The molecule has 0 aliphatic heterocycles. The standard InChI is InChI=1S/C24H27F2N3O2/c1-3-21(30)14-28(19-10-11-19)15-23-16(2)27-29(20-8-4-17(25)5-9-20)24(23)31-22-12-6-18(26)7-13-22/h4-9,12-13,19,21,30H,3,10-11,14-15H2,1-2H3/t21-/m0/s1. The van der Waals surface area contributed by atoms with E-state index in [-0.39, 0.29) is 11.6 Å². The number of halogens is 2. The highest BCUT2D eigenvalue weighted by molar-refractivity contribution is 5.43. The molecule has 1 aliphatic carbocycles. The maximum atomic E-state index is 13.5. The van der Waals surface area contributed by atoms with Crippen molar-refractivity contribution in [3.63, 3.8) is 0 Å². The van der Waals surface area contributed by atoms with Crippen LogP contribution in [0.1, 0.15) is 37.4 Å². The van der Waals surface area contributed by atoms with Crippen LogP contribution in [0.15, 0.2) is 48.5 Å². The molecule has 1 fully saturated rings. The highest BCUT2D eigenvalue weighted by Gasteiger charge is 2.32. The molecule has 1 aliphatic rings. The number of benzene rings is 2. The monoisotopic (exact) mass is 427 g/mol. The molecule has 3 aromatic rings. The van der Waals surface area contributed by atoms with Crippen molar-refractivity contribution >= 4 is 0 Å². The second-order valence-electron chi connectivity index (χ2n) is 8.04. The van der Waals surface area contributed by atoms with Gasteiger partial charge < -0.3 is 9.84 Å². The van der Waals surface area contributed by atoms with Crippen LogP contribution >= 0.6 is 0 Å². The number of hydrogen-bond acceptors (Lipinski definition) is 4. The van der Waals surface area contributed by atoms with Crippen LogP contribution in [0.2, 0.25) is 0 Å². The smallest absolute Gasteiger partial charge is 0.227 e. The summed E-state index contributed by atoms with van der Waals surface area (Å²) in [6.07, 6.45) is 2.51. The first-order valence-corrected chi connectivity index (χ1v) is 10.6. The molecule has 31 heavy (non-hydrogen) atoms. The predicted octanol–water partition coefficient (Wildman–Crippen LogP) is 4.99. The Labute approximate surface area is 180 Å². The molecule has 4 rings (SSSR count). The average molecular weight is 427 g/mol. The Kier molecular flexibility index (Phi) is 6.34. The number of aryl methyl sites for hydroxylation is 1. The van der Waals surface area contributed by atoms with Crippen molar-refractivity contribution in [1.82, 2.24) is 14.7 Å². The summed E-state index contributed by atoms with van der Waals surface area (Å²) in [4.78, 5) is 2.27. The first-order chi connectivity index (χ1) is 14.9. The van der Waals surface area contributed by atoms with Crippen molar-refractivity contribution in [2.24, 2.45) is 0 Å². The number of aliphatic hydroxyl groups excluding tert-OH is 1. The Bertz CT molecular complexity index is 1010. The van der Waals surface area contributed by atoms with Crippen LogP contribution in [0, 0.1) is 18.6 Å². The fourth-order valence-corrected chi connectivity index (χ4v) is 3.58. The Morgan fingerprint density at radius 1 is 1.10 bits per heavy atom. The van der Waals surface area contributed by atoms with E-state index >= 15 is 0 Å². The van der Waals surface area contributed by atoms with E-state index in [1.807, 2.05) is 13.8 Å². The van der Waals surface area contributed by atoms with Crippen molar-refractivity contribution in [2.45, 2.75) is 51.8 Å². The quantitative estimate of drug-likeness (QED) is 0.523. The van der Waals surface area contributed by atoms with E-state index in [4.69, 9.17) is 4.74 Å². The molecular formula is C24H27F2N3O2. The minimum absolute atomic E-state index is 0.331. The second kappa shape index (κ2) is 9.16.